The van der Waals surface area contributed by atoms with Crippen LogP contribution in [0.2, 0.25) is 5.02 Å². The first-order valence-electron chi connectivity index (χ1n) is 7.18. The highest BCUT2D eigenvalue weighted by Crippen LogP contribution is 2.28. The van der Waals surface area contributed by atoms with Gasteiger partial charge in [0.1, 0.15) is 0 Å². The van der Waals surface area contributed by atoms with Crippen molar-refractivity contribution in [1.82, 2.24) is 14.8 Å². The number of aromatic nitrogens is 3. The number of halogens is 1. The molecule has 3 rings (SSSR count). The largest absolute Gasteiger partial charge is 0.270 e. The normalized spacial score (nSPS) is 10.9. The molecule has 23 heavy (non-hydrogen) atoms. The lowest BCUT2D eigenvalue weighted by Crippen LogP contribution is -2.00. The van der Waals surface area contributed by atoms with Crippen LogP contribution in [0.1, 0.15) is 0 Å². The Kier molecular flexibility index (Phi) is 5.65. The molecule has 0 bridgehead atoms. The van der Waals surface area contributed by atoms with Gasteiger partial charge in [0, 0.05) is 27.8 Å². The maximum atomic E-state index is 6.02. The maximum Gasteiger partial charge on any atom is 0.196 e. The van der Waals surface area contributed by atoms with E-state index in [1.165, 1.54) is 0 Å². The van der Waals surface area contributed by atoms with Crippen molar-refractivity contribution in [2.45, 2.75) is 5.16 Å². The molecule has 0 aliphatic rings. The van der Waals surface area contributed by atoms with E-state index in [1.54, 1.807) is 11.8 Å². The van der Waals surface area contributed by atoms with E-state index in [9.17, 15) is 0 Å². The van der Waals surface area contributed by atoms with Crippen molar-refractivity contribution in [3.63, 3.8) is 0 Å². The molecule has 0 unspecified atom stereocenters. The second-order valence-corrected chi connectivity index (χ2v) is 7.31. The molecule has 0 aliphatic carbocycles. The van der Waals surface area contributed by atoms with Crippen molar-refractivity contribution in [3.8, 4) is 17.1 Å². The average molecular weight is 362 g/mol. The fourth-order valence-electron chi connectivity index (χ4n) is 2.18. The highest BCUT2D eigenvalue weighted by atomic mass is 35.5. The number of nitrogens with zero attached hydrogens (tertiary/aromatic N) is 3. The number of benzene rings is 2. The lowest BCUT2D eigenvalue weighted by Gasteiger charge is -2.10. The predicted octanol–water partition coefficient (Wildman–Crippen LogP) is 5.04. The summed E-state index contributed by atoms with van der Waals surface area (Å²) in [5, 5.41) is 10.4. The summed E-state index contributed by atoms with van der Waals surface area (Å²) < 4.78 is 2.09. The smallest absolute Gasteiger partial charge is 0.196 e. The van der Waals surface area contributed by atoms with E-state index in [0.29, 0.717) is 0 Å². The quantitative estimate of drug-likeness (QED) is 0.454. The minimum Gasteiger partial charge on any atom is -0.270 e. The van der Waals surface area contributed by atoms with E-state index >= 15 is 0 Å². The van der Waals surface area contributed by atoms with Gasteiger partial charge in [0.15, 0.2) is 11.0 Å². The number of hydrogen-bond donors (Lipinski definition) is 0. The second kappa shape index (κ2) is 7.90. The van der Waals surface area contributed by atoms with Gasteiger partial charge in [-0.25, -0.2) is 0 Å². The minimum atomic E-state index is 0.722. The third-order valence-corrected chi connectivity index (χ3v) is 5.32. The molecule has 6 heteroatoms. The third-order valence-electron chi connectivity index (χ3n) is 3.27. The molecule has 0 saturated carbocycles. The SMILES string of the molecule is CSCCSc1nnc(-c2ccccc2)n1-c1ccc(Cl)cc1. The molecule has 3 nitrogen and oxygen atoms in total. The topological polar surface area (TPSA) is 30.7 Å². The van der Waals surface area contributed by atoms with Crippen molar-refractivity contribution in [2.75, 3.05) is 17.8 Å². The van der Waals surface area contributed by atoms with Crippen molar-refractivity contribution >= 4 is 35.1 Å². The van der Waals surface area contributed by atoms with Gasteiger partial charge in [-0.2, -0.15) is 11.8 Å². The number of rotatable bonds is 6. The fraction of sp³-hybridized carbons (Fsp3) is 0.176. The summed E-state index contributed by atoms with van der Waals surface area (Å²) in [5.41, 5.74) is 2.07. The molecule has 0 spiro atoms. The first kappa shape index (κ1) is 16.4. The van der Waals surface area contributed by atoms with E-state index in [4.69, 9.17) is 11.6 Å². The monoisotopic (exact) mass is 361 g/mol. The molecular weight excluding hydrogens is 346 g/mol. The molecule has 1 heterocycles. The van der Waals surface area contributed by atoms with Crippen LogP contribution < -0.4 is 0 Å². The Bertz CT molecular complexity index is 757. The molecule has 118 valence electrons. The highest BCUT2D eigenvalue weighted by molar-refractivity contribution is 8.02. The summed E-state index contributed by atoms with van der Waals surface area (Å²) in [6.45, 7) is 0. The first-order valence-corrected chi connectivity index (χ1v) is 9.94. The Morgan fingerprint density at radius 3 is 2.39 bits per heavy atom. The van der Waals surface area contributed by atoms with Crippen LogP contribution >= 0.6 is 35.1 Å². The third kappa shape index (κ3) is 3.91. The first-order chi connectivity index (χ1) is 11.3. The Hall–Kier alpha value is -1.43. The Labute approximate surface area is 149 Å². The number of hydrogen-bond acceptors (Lipinski definition) is 4. The molecule has 0 atom stereocenters. The zero-order chi connectivity index (χ0) is 16.1. The Balaban J connectivity index is 2.04. The Morgan fingerprint density at radius 2 is 1.70 bits per heavy atom. The molecular formula is C17H16ClN3S2. The van der Waals surface area contributed by atoms with Crippen LogP contribution in [0, 0.1) is 0 Å². The van der Waals surface area contributed by atoms with Gasteiger partial charge in [0.25, 0.3) is 0 Å². The zero-order valence-corrected chi connectivity index (χ0v) is 15.0. The lowest BCUT2D eigenvalue weighted by molar-refractivity contribution is 0.887. The second-order valence-electron chi connectivity index (χ2n) is 4.83. The summed E-state index contributed by atoms with van der Waals surface area (Å²) in [7, 11) is 0. The van der Waals surface area contributed by atoms with Gasteiger partial charge in [0.2, 0.25) is 0 Å². The van der Waals surface area contributed by atoms with Gasteiger partial charge in [-0.3, -0.25) is 4.57 Å². The van der Waals surface area contributed by atoms with Crippen LogP contribution in [-0.4, -0.2) is 32.5 Å². The summed E-state index contributed by atoms with van der Waals surface area (Å²) in [6.07, 6.45) is 2.11. The van der Waals surface area contributed by atoms with E-state index < -0.39 is 0 Å². The molecule has 0 fully saturated rings. The summed E-state index contributed by atoms with van der Waals surface area (Å²) in [6, 6.07) is 17.9. The lowest BCUT2D eigenvalue weighted by atomic mass is 10.2. The molecule has 0 radical (unpaired) electrons. The highest BCUT2D eigenvalue weighted by Gasteiger charge is 2.15. The maximum absolute atomic E-state index is 6.02. The molecule has 3 aromatic rings. The number of thioether (sulfide) groups is 2. The summed E-state index contributed by atoms with van der Waals surface area (Å²) in [5.74, 6) is 2.93. The van der Waals surface area contributed by atoms with Crippen LogP contribution in [0.5, 0.6) is 0 Å². The average Bonchev–Trinajstić information content (AvgIpc) is 3.00. The predicted molar refractivity (Wildman–Crippen MR) is 101 cm³/mol. The van der Waals surface area contributed by atoms with Gasteiger partial charge in [-0.1, -0.05) is 53.7 Å². The van der Waals surface area contributed by atoms with Crippen molar-refractivity contribution in [3.05, 3.63) is 59.6 Å². The van der Waals surface area contributed by atoms with E-state index in [1.807, 2.05) is 66.4 Å². The van der Waals surface area contributed by atoms with E-state index in [0.717, 1.165) is 38.8 Å². The fourth-order valence-corrected chi connectivity index (χ4v) is 3.90. The van der Waals surface area contributed by atoms with Crippen LogP contribution in [0.15, 0.2) is 59.8 Å². The Morgan fingerprint density at radius 1 is 0.957 bits per heavy atom. The zero-order valence-electron chi connectivity index (χ0n) is 12.6. The van der Waals surface area contributed by atoms with Gasteiger partial charge in [-0.05, 0) is 30.5 Å². The summed E-state index contributed by atoms with van der Waals surface area (Å²) in [4.78, 5) is 0. The molecule has 0 saturated heterocycles. The van der Waals surface area contributed by atoms with Gasteiger partial charge >= 0.3 is 0 Å². The molecule has 0 N–H and O–H groups in total. The van der Waals surface area contributed by atoms with Gasteiger partial charge in [-0.15, -0.1) is 10.2 Å². The van der Waals surface area contributed by atoms with E-state index in [-0.39, 0.29) is 0 Å². The minimum absolute atomic E-state index is 0.722. The molecule has 1 aromatic heterocycles. The van der Waals surface area contributed by atoms with Crippen molar-refractivity contribution in [2.24, 2.45) is 0 Å². The molecule has 0 amide bonds. The summed E-state index contributed by atoms with van der Waals surface area (Å²) >= 11 is 9.58. The van der Waals surface area contributed by atoms with Crippen LogP contribution in [0.4, 0.5) is 0 Å². The van der Waals surface area contributed by atoms with Crippen molar-refractivity contribution in [1.29, 1.82) is 0 Å². The standard InChI is InChI=1S/C17H16ClN3S2/c1-22-11-12-23-17-20-19-16(13-5-3-2-4-6-13)21(17)15-9-7-14(18)8-10-15/h2-10H,11-12H2,1H3. The van der Waals surface area contributed by atoms with E-state index in [2.05, 4.69) is 21.0 Å². The van der Waals surface area contributed by atoms with Crippen molar-refractivity contribution < 1.29 is 0 Å². The van der Waals surface area contributed by atoms with Crippen LogP contribution in [-0.2, 0) is 0 Å². The molecule has 0 aliphatic heterocycles. The van der Waals surface area contributed by atoms with Crippen LogP contribution in [0.3, 0.4) is 0 Å². The van der Waals surface area contributed by atoms with Gasteiger partial charge in [0.05, 0.1) is 0 Å². The van der Waals surface area contributed by atoms with Crippen LogP contribution in [0.25, 0.3) is 17.1 Å². The molecule has 2 aromatic carbocycles. The van der Waals surface area contributed by atoms with Gasteiger partial charge < -0.3 is 0 Å².